The number of aromatic nitrogens is 4. The summed E-state index contributed by atoms with van der Waals surface area (Å²) in [5, 5.41) is 1.89. The monoisotopic (exact) mass is 473 g/mol. The topological polar surface area (TPSA) is 71.9 Å². The van der Waals surface area contributed by atoms with Gasteiger partial charge in [-0.15, -0.1) is 0 Å². The van der Waals surface area contributed by atoms with Crippen molar-refractivity contribution in [2.24, 2.45) is 0 Å². The number of benzene rings is 1. The van der Waals surface area contributed by atoms with Crippen molar-refractivity contribution >= 4 is 74.2 Å². The van der Waals surface area contributed by atoms with Crippen LogP contribution in [0.25, 0.3) is 11.0 Å². The molecular weight excluding hydrogens is 461 g/mol. The van der Waals surface area contributed by atoms with E-state index in [1.54, 1.807) is 6.07 Å². The Morgan fingerprint density at radius 2 is 1.82 bits per heavy atom. The standard InChI is InChI=1S/C17H14Cl3N5OS2/c18-11-2-1-10(7-12(11)19)8-27-16-14-13(21-9-22-16)15(24-17(20)23-14)25-3-5-28(26)6-4-25/h1-2,7,9H,3-6,8H2. The second-order valence-corrected chi connectivity index (χ2v) is 9.88. The lowest BCUT2D eigenvalue weighted by molar-refractivity contribution is 0.672. The van der Waals surface area contributed by atoms with E-state index in [1.807, 2.05) is 12.1 Å². The highest BCUT2D eigenvalue weighted by Gasteiger charge is 2.22. The van der Waals surface area contributed by atoms with Gasteiger partial charge in [0.15, 0.2) is 5.82 Å². The number of fused-ring (bicyclic) bond motifs is 1. The predicted molar refractivity (Wildman–Crippen MR) is 116 cm³/mol. The van der Waals surface area contributed by atoms with E-state index in [2.05, 4.69) is 24.8 Å². The summed E-state index contributed by atoms with van der Waals surface area (Å²) in [6.07, 6.45) is 1.50. The molecule has 1 aliphatic heterocycles. The summed E-state index contributed by atoms with van der Waals surface area (Å²) in [7, 11) is -0.781. The smallest absolute Gasteiger partial charge is 0.225 e. The van der Waals surface area contributed by atoms with Gasteiger partial charge in [-0.1, -0.05) is 41.0 Å². The van der Waals surface area contributed by atoms with Crippen molar-refractivity contribution in [2.45, 2.75) is 10.8 Å². The second kappa shape index (κ2) is 8.67. The molecule has 0 radical (unpaired) electrons. The molecule has 0 N–H and O–H groups in total. The fourth-order valence-corrected chi connectivity index (χ4v) is 5.26. The van der Waals surface area contributed by atoms with Gasteiger partial charge in [-0.25, -0.2) is 15.0 Å². The molecule has 1 fully saturated rings. The van der Waals surface area contributed by atoms with Crippen molar-refractivity contribution in [3.05, 3.63) is 45.4 Å². The van der Waals surface area contributed by atoms with Crippen LogP contribution in [0.3, 0.4) is 0 Å². The molecule has 4 rings (SSSR count). The average Bonchev–Trinajstić information content (AvgIpc) is 2.69. The molecule has 28 heavy (non-hydrogen) atoms. The zero-order chi connectivity index (χ0) is 19.7. The highest BCUT2D eigenvalue weighted by Crippen LogP contribution is 2.32. The molecular formula is C17H14Cl3N5OS2. The van der Waals surface area contributed by atoms with Crippen molar-refractivity contribution in [1.82, 2.24) is 19.9 Å². The quantitative estimate of drug-likeness (QED) is 0.318. The molecule has 0 atom stereocenters. The number of hydrogen-bond donors (Lipinski definition) is 0. The summed E-state index contributed by atoms with van der Waals surface area (Å²) in [4.78, 5) is 19.6. The van der Waals surface area contributed by atoms with Crippen LogP contribution in [0, 0.1) is 0 Å². The molecule has 0 bridgehead atoms. The average molecular weight is 475 g/mol. The van der Waals surface area contributed by atoms with E-state index in [4.69, 9.17) is 34.8 Å². The highest BCUT2D eigenvalue weighted by atomic mass is 35.5. The number of thioether (sulfide) groups is 1. The Labute approximate surface area is 183 Å². The molecule has 11 heteroatoms. The van der Waals surface area contributed by atoms with Gasteiger partial charge in [-0.3, -0.25) is 4.21 Å². The summed E-state index contributed by atoms with van der Waals surface area (Å²) in [6, 6.07) is 5.53. The molecule has 6 nitrogen and oxygen atoms in total. The molecule has 0 saturated carbocycles. The first-order chi connectivity index (χ1) is 13.5. The van der Waals surface area contributed by atoms with E-state index in [9.17, 15) is 4.21 Å². The predicted octanol–water partition coefficient (Wildman–Crippen LogP) is 4.24. The van der Waals surface area contributed by atoms with E-state index < -0.39 is 10.8 Å². The Balaban J connectivity index is 1.66. The number of hydrogen-bond acceptors (Lipinski definition) is 7. The summed E-state index contributed by atoms with van der Waals surface area (Å²) in [5.74, 6) is 2.51. The summed E-state index contributed by atoms with van der Waals surface area (Å²) < 4.78 is 11.7. The Kier molecular flexibility index (Phi) is 6.22. The van der Waals surface area contributed by atoms with E-state index in [0.29, 0.717) is 62.3 Å². The van der Waals surface area contributed by atoms with Gasteiger partial charge >= 0.3 is 0 Å². The van der Waals surface area contributed by atoms with Gasteiger partial charge in [0.2, 0.25) is 5.28 Å². The first-order valence-electron chi connectivity index (χ1n) is 8.36. The molecule has 0 unspecified atom stereocenters. The lowest BCUT2D eigenvalue weighted by atomic mass is 10.2. The maximum Gasteiger partial charge on any atom is 0.225 e. The van der Waals surface area contributed by atoms with E-state index in [0.717, 1.165) is 5.56 Å². The van der Waals surface area contributed by atoms with Crippen LogP contribution in [-0.2, 0) is 16.6 Å². The van der Waals surface area contributed by atoms with Crippen LogP contribution >= 0.6 is 46.6 Å². The Hall–Kier alpha value is -1.19. The van der Waals surface area contributed by atoms with E-state index in [-0.39, 0.29) is 5.28 Å². The van der Waals surface area contributed by atoms with Gasteiger partial charge in [0.25, 0.3) is 0 Å². The Morgan fingerprint density at radius 3 is 2.57 bits per heavy atom. The van der Waals surface area contributed by atoms with E-state index in [1.165, 1.54) is 18.1 Å². The minimum atomic E-state index is -0.781. The third kappa shape index (κ3) is 4.36. The summed E-state index contributed by atoms with van der Waals surface area (Å²) >= 11 is 19.8. The molecule has 3 heterocycles. The van der Waals surface area contributed by atoms with Crippen LogP contribution in [0.4, 0.5) is 5.82 Å². The normalized spacial score (nSPS) is 15.3. The van der Waals surface area contributed by atoms with Gasteiger partial charge in [-0.2, -0.15) is 4.98 Å². The van der Waals surface area contributed by atoms with Gasteiger partial charge in [-0.05, 0) is 29.3 Å². The van der Waals surface area contributed by atoms with Gasteiger partial charge in [0, 0.05) is 41.1 Å². The van der Waals surface area contributed by atoms with Crippen molar-refractivity contribution < 1.29 is 4.21 Å². The van der Waals surface area contributed by atoms with Crippen LogP contribution in [0.15, 0.2) is 29.6 Å². The summed E-state index contributed by atoms with van der Waals surface area (Å²) in [6.45, 7) is 1.29. The SMILES string of the molecule is O=S1CCN(c2nc(Cl)nc3c(SCc4ccc(Cl)c(Cl)c4)ncnc23)CC1. The first-order valence-corrected chi connectivity index (χ1v) is 12.0. The maximum atomic E-state index is 11.7. The van der Waals surface area contributed by atoms with Crippen molar-refractivity contribution in [2.75, 3.05) is 29.5 Å². The molecule has 0 amide bonds. The Morgan fingerprint density at radius 1 is 1.04 bits per heavy atom. The van der Waals surface area contributed by atoms with Crippen LogP contribution in [0.5, 0.6) is 0 Å². The van der Waals surface area contributed by atoms with Crippen molar-refractivity contribution in [3.63, 3.8) is 0 Å². The Bertz CT molecular complexity index is 1060. The van der Waals surface area contributed by atoms with E-state index >= 15 is 0 Å². The molecule has 3 aromatic rings. The number of anilines is 1. The lowest BCUT2D eigenvalue weighted by Crippen LogP contribution is -2.38. The minimum absolute atomic E-state index is 0.139. The zero-order valence-electron chi connectivity index (χ0n) is 14.4. The van der Waals surface area contributed by atoms with Crippen LogP contribution in [-0.4, -0.2) is 48.7 Å². The van der Waals surface area contributed by atoms with Gasteiger partial charge < -0.3 is 4.90 Å². The number of rotatable bonds is 4. The van der Waals surface area contributed by atoms with Crippen LogP contribution in [0.2, 0.25) is 15.3 Å². The minimum Gasteiger partial charge on any atom is -0.353 e. The molecule has 1 saturated heterocycles. The molecule has 2 aromatic heterocycles. The molecule has 1 aliphatic rings. The third-order valence-corrected chi connectivity index (χ3v) is 7.47. The number of nitrogens with zero attached hydrogens (tertiary/aromatic N) is 5. The van der Waals surface area contributed by atoms with Gasteiger partial charge in [0.05, 0.1) is 10.0 Å². The maximum absolute atomic E-state index is 11.7. The molecule has 0 spiro atoms. The van der Waals surface area contributed by atoms with Crippen LogP contribution in [0.1, 0.15) is 5.56 Å². The highest BCUT2D eigenvalue weighted by molar-refractivity contribution is 7.98. The van der Waals surface area contributed by atoms with Crippen molar-refractivity contribution in [1.29, 1.82) is 0 Å². The molecule has 146 valence electrons. The molecule has 0 aliphatic carbocycles. The fraction of sp³-hybridized carbons (Fsp3) is 0.294. The van der Waals surface area contributed by atoms with Gasteiger partial charge in [0.1, 0.15) is 22.4 Å². The summed E-state index contributed by atoms with van der Waals surface area (Å²) in [5.41, 5.74) is 2.27. The van der Waals surface area contributed by atoms with Crippen LogP contribution < -0.4 is 4.90 Å². The lowest BCUT2D eigenvalue weighted by Gasteiger charge is -2.27. The van der Waals surface area contributed by atoms with Crippen molar-refractivity contribution in [3.8, 4) is 0 Å². The zero-order valence-corrected chi connectivity index (χ0v) is 18.3. The fourth-order valence-electron chi connectivity index (χ4n) is 2.84. The molecule has 1 aromatic carbocycles. The number of halogens is 3. The second-order valence-electron chi connectivity index (χ2n) is 6.06. The third-order valence-electron chi connectivity index (χ3n) is 4.24. The largest absolute Gasteiger partial charge is 0.353 e. The first kappa shape index (κ1) is 20.1.